The largest absolute Gasteiger partial charge is 0.306 e. The number of imidazole rings is 2. The van der Waals surface area contributed by atoms with Crippen molar-refractivity contribution in [2.75, 3.05) is 0 Å². The summed E-state index contributed by atoms with van der Waals surface area (Å²) < 4.78 is 3.89. The number of carbonyl (C=O) groups is 1. The van der Waals surface area contributed by atoms with Crippen LogP contribution in [-0.4, -0.2) is 24.7 Å². The molecule has 3 aromatic heterocycles. The topological polar surface area (TPSA) is 52.2 Å². The van der Waals surface area contributed by atoms with Crippen molar-refractivity contribution in [2.24, 2.45) is 5.92 Å². The van der Waals surface area contributed by atoms with E-state index in [9.17, 15) is 4.79 Å². The molecule has 0 spiro atoms. The molecule has 0 saturated carbocycles. The molecule has 5 heteroatoms. The number of pyridine rings is 1. The maximum Gasteiger partial charge on any atom is 0.183 e. The van der Waals surface area contributed by atoms with Gasteiger partial charge in [0.2, 0.25) is 0 Å². The van der Waals surface area contributed by atoms with E-state index >= 15 is 0 Å². The van der Waals surface area contributed by atoms with Crippen molar-refractivity contribution in [2.45, 2.75) is 20.3 Å². The van der Waals surface area contributed by atoms with Crippen LogP contribution in [0.1, 0.15) is 30.8 Å². The minimum atomic E-state index is 0.0671. The third-order valence-corrected chi connectivity index (χ3v) is 4.27. The second kappa shape index (κ2) is 6.59. The first-order valence-corrected chi connectivity index (χ1v) is 8.73. The monoisotopic (exact) mass is 344 g/mol. The molecule has 0 aliphatic rings. The third kappa shape index (κ3) is 2.92. The standard InChI is InChI=1S/C21H20N4O/c1-15(2)12-19(26)20-18-10-6-7-11-25(18)21(23-20)17-13-24(14-22-17)16-8-4-3-5-9-16/h3-11,13-15H,12H2,1-2H3. The number of para-hydroxylation sites is 1. The number of fused-ring (bicyclic) bond motifs is 1. The van der Waals surface area contributed by atoms with Gasteiger partial charge in [-0.25, -0.2) is 9.97 Å². The molecular formula is C21H20N4O. The van der Waals surface area contributed by atoms with Crippen LogP contribution in [-0.2, 0) is 0 Å². The van der Waals surface area contributed by atoms with Crippen molar-refractivity contribution >= 4 is 11.3 Å². The zero-order valence-electron chi connectivity index (χ0n) is 14.8. The third-order valence-electron chi connectivity index (χ3n) is 4.27. The van der Waals surface area contributed by atoms with Crippen LogP contribution in [0.25, 0.3) is 22.7 Å². The van der Waals surface area contributed by atoms with Gasteiger partial charge in [-0.1, -0.05) is 38.1 Å². The normalized spacial score (nSPS) is 11.3. The van der Waals surface area contributed by atoms with E-state index < -0.39 is 0 Å². The Morgan fingerprint density at radius 2 is 1.85 bits per heavy atom. The molecule has 0 atom stereocenters. The number of Topliss-reactive ketones (excluding diaryl/α,β-unsaturated/α-hetero) is 1. The molecule has 0 saturated heterocycles. The molecule has 26 heavy (non-hydrogen) atoms. The number of hydrogen-bond donors (Lipinski definition) is 0. The van der Waals surface area contributed by atoms with Crippen molar-refractivity contribution in [1.29, 1.82) is 0 Å². The number of rotatable bonds is 5. The van der Waals surface area contributed by atoms with Crippen molar-refractivity contribution < 1.29 is 4.79 Å². The quantitative estimate of drug-likeness (QED) is 0.504. The SMILES string of the molecule is CC(C)CC(=O)c1nc(-c2cn(-c3ccccc3)cn2)n2ccccc12. The summed E-state index contributed by atoms with van der Waals surface area (Å²) in [7, 11) is 0. The average molecular weight is 344 g/mol. The van der Waals surface area contributed by atoms with E-state index in [1.807, 2.05) is 83.7 Å². The lowest BCUT2D eigenvalue weighted by molar-refractivity contribution is 0.0965. The lowest BCUT2D eigenvalue weighted by Gasteiger charge is -2.01. The second-order valence-corrected chi connectivity index (χ2v) is 6.76. The lowest BCUT2D eigenvalue weighted by atomic mass is 10.0. The first kappa shape index (κ1) is 16.3. The summed E-state index contributed by atoms with van der Waals surface area (Å²) in [4.78, 5) is 21.8. The van der Waals surface area contributed by atoms with Crippen molar-refractivity contribution in [1.82, 2.24) is 18.9 Å². The van der Waals surface area contributed by atoms with E-state index in [1.165, 1.54) is 0 Å². The summed E-state index contributed by atoms with van der Waals surface area (Å²) in [6, 6.07) is 15.8. The van der Waals surface area contributed by atoms with Crippen molar-refractivity contribution in [3.63, 3.8) is 0 Å². The number of ketones is 1. The predicted molar refractivity (Wildman–Crippen MR) is 102 cm³/mol. The Labute approximate surface area is 152 Å². The molecule has 0 amide bonds. The van der Waals surface area contributed by atoms with Crippen LogP contribution in [0.15, 0.2) is 67.3 Å². The second-order valence-electron chi connectivity index (χ2n) is 6.76. The summed E-state index contributed by atoms with van der Waals surface area (Å²) in [5.74, 6) is 1.04. The summed E-state index contributed by atoms with van der Waals surface area (Å²) in [6.07, 6.45) is 6.11. The molecule has 4 aromatic rings. The number of aromatic nitrogens is 4. The van der Waals surface area contributed by atoms with Gasteiger partial charge in [0.25, 0.3) is 0 Å². The minimum absolute atomic E-state index is 0.0671. The van der Waals surface area contributed by atoms with Gasteiger partial charge in [-0.15, -0.1) is 0 Å². The van der Waals surface area contributed by atoms with Gasteiger partial charge in [-0.2, -0.15) is 0 Å². The van der Waals surface area contributed by atoms with Gasteiger partial charge < -0.3 is 4.57 Å². The molecule has 0 unspecified atom stereocenters. The van der Waals surface area contributed by atoms with Crippen LogP contribution in [0.4, 0.5) is 0 Å². The Hall–Kier alpha value is -3.21. The molecule has 3 heterocycles. The molecule has 0 N–H and O–H groups in total. The van der Waals surface area contributed by atoms with E-state index in [1.54, 1.807) is 6.33 Å². The molecule has 0 bridgehead atoms. The molecule has 0 fully saturated rings. The molecule has 4 rings (SSSR count). The van der Waals surface area contributed by atoms with Crippen LogP contribution in [0.3, 0.4) is 0 Å². The van der Waals surface area contributed by atoms with Crippen LogP contribution in [0.2, 0.25) is 0 Å². The van der Waals surface area contributed by atoms with Crippen LogP contribution >= 0.6 is 0 Å². The zero-order chi connectivity index (χ0) is 18.1. The van der Waals surface area contributed by atoms with Crippen molar-refractivity contribution in [3.05, 3.63) is 72.9 Å². The fourth-order valence-corrected chi connectivity index (χ4v) is 3.07. The van der Waals surface area contributed by atoms with E-state index in [4.69, 9.17) is 0 Å². The van der Waals surface area contributed by atoms with Crippen molar-refractivity contribution in [3.8, 4) is 17.2 Å². The van der Waals surface area contributed by atoms with E-state index in [2.05, 4.69) is 9.97 Å². The minimum Gasteiger partial charge on any atom is -0.306 e. The Bertz CT molecular complexity index is 1060. The van der Waals surface area contributed by atoms with Gasteiger partial charge in [-0.3, -0.25) is 9.20 Å². The highest BCUT2D eigenvalue weighted by molar-refractivity contribution is 6.01. The molecule has 130 valence electrons. The Kier molecular flexibility index (Phi) is 4.13. The zero-order valence-corrected chi connectivity index (χ0v) is 14.8. The Balaban J connectivity index is 1.80. The number of nitrogens with zero attached hydrogens (tertiary/aromatic N) is 4. The fourth-order valence-electron chi connectivity index (χ4n) is 3.07. The highest BCUT2D eigenvalue weighted by Crippen LogP contribution is 2.24. The molecule has 0 radical (unpaired) electrons. The maximum absolute atomic E-state index is 12.6. The summed E-state index contributed by atoms with van der Waals surface area (Å²) in [5.41, 5.74) is 3.10. The highest BCUT2D eigenvalue weighted by Gasteiger charge is 2.20. The Morgan fingerprint density at radius 3 is 2.62 bits per heavy atom. The van der Waals surface area contributed by atoms with E-state index in [-0.39, 0.29) is 5.78 Å². The fraction of sp³-hybridized carbons (Fsp3) is 0.190. The van der Waals surface area contributed by atoms with Crippen LogP contribution in [0, 0.1) is 5.92 Å². The first-order chi connectivity index (χ1) is 12.6. The number of carbonyl (C=O) groups excluding carboxylic acids is 1. The van der Waals surface area contributed by atoms with Gasteiger partial charge >= 0.3 is 0 Å². The van der Waals surface area contributed by atoms with Gasteiger partial charge in [0.1, 0.15) is 17.7 Å². The molecule has 1 aromatic carbocycles. The van der Waals surface area contributed by atoms with Gasteiger partial charge in [0, 0.05) is 24.5 Å². The number of benzene rings is 1. The van der Waals surface area contributed by atoms with Crippen LogP contribution < -0.4 is 0 Å². The summed E-state index contributed by atoms with van der Waals surface area (Å²) in [5, 5.41) is 0. The molecular weight excluding hydrogens is 324 g/mol. The summed E-state index contributed by atoms with van der Waals surface area (Å²) in [6.45, 7) is 4.08. The predicted octanol–water partition coefficient (Wildman–Crippen LogP) is 4.42. The lowest BCUT2D eigenvalue weighted by Crippen LogP contribution is -2.04. The molecule has 0 aliphatic heterocycles. The number of hydrogen-bond acceptors (Lipinski definition) is 3. The first-order valence-electron chi connectivity index (χ1n) is 8.73. The van der Waals surface area contributed by atoms with E-state index in [0.29, 0.717) is 23.9 Å². The smallest absolute Gasteiger partial charge is 0.183 e. The van der Waals surface area contributed by atoms with Crippen LogP contribution in [0.5, 0.6) is 0 Å². The maximum atomic E-state index is 12.6. The Morgan fingerprint density at radius 1 is 1.08 bits per heavy atom. The highest BCUT2D eigenvalue weighted by atomic mass is 16.1. The molecule has 0 aliphatic carbocycles. The van der Waals surface area contributed by atoms with Gasteiger partial charge in [0.15, 0.2) is 11.6 Å². The summed E-state index contributed by atoms with van der Waals surface area (Å²) >= 11 is 0. The van der Waals surface area contributed by atoms with Gasteiger partial charge in [-0.05, 0) is 30.2 Å². The van der Waals surface area contributed by atoms with E-state index in [0.717, 1.165) is 16.9 Å². The van der Waals surface area contributed by atoms with Gasteiger partial charge in [0.05, 0.1) is 5.52 Å². The molecule has 5 nitrogen and oxygen atoms in total. The average Bonchev–Trinajstić information content (AvgIpc) is 3.27.